The molecule has 0 saturated carbocycles. The Balaban J connectivity index is 1.58. The number of hydrogen-bond acceptors (Lipinski definition) is 6. The van der Waals surface area contributed by atoms with E-state index in [0.717, 1.165) is 4.90 Å². The summed E-state index contributed by atoms with van der Waals surface area (Å²) in [5.74, 6) is -0.946. The minimum Gasteiger partial charge on any atom is -0.484 e. The second-order valence-electron chi connectivity index (χ2n) is 5.67. The summed E-state index contributed by atoms with van der Waals surface area (Å²) in [7, 11) is 0. The van der Waals surface area contributed by atoms with Gasteiger partial charge < -0.3 is 15.2 Å². The van der Waals surface area contributed by atoms with Crippen LogP contribution in [0.3, 0.4) is 0 Å². The minimum atomic E-state index is -1.13. The summed E-state index contributed by atoms with van der Waals surface area (Å²) < 4.78 is 5.36. The van der Waals surface area contributed by atoms with Gasteiger partial charge in [0.15, 0.2) is 6.61 Å². The van der Waals surface area contributed by atoms with E-state index in [0.29, 0.717) is 17.1 Å². The first-order valence-corrected chi connectivity index (χ1v) is 8.97. The van der Waals surface area contributed by atoms with Crippen molar-refractivity contribution < 1.29 is 24.2 Å². The van der Waals surface area contributed by atoms with E-state index < -0.39 is 29.2 Å². The first-order chi connectivity index (χ1) is 11.9. The van der Waals surface area contributed by atoms with Crippen LogP contribution in [0, 0.1) is 0 Å². The van der Waals surface area contributed by atoms with Crippen LogP contribution >= 0.6 is 24.4 Å². The van der Waals surface area contributed by atoms with Gasteiger partial charge in [-0.3, -0.25) is 14.5 Å². The first-order valence-electron chi connectivity index (χ1n) is 7.47. The summed E-state index contributed by atoms with van der Waals surface area (Å²) in [6.07, 6.45) is 0. The van der Waals surface area contributed by atoms with Crippen molar-refractivity contribution in [1.29, 1.82) is 0 Å². The second kappa shape index (κ2) is 7.01. The molecule has 1 saturated heterocycles. The van der Waals surface area contributed by atoms with E-state index in [4.69, 9.17) is 4.74 Å². The van der Waals surface area contributed by atoms with Gasteiger partial charge in [0.05, 0.1) is 0 Å². The van der Waals surface area contributed by atoms with Crippen molar-refractivity contribution in [3.63, 3.8) is 0 Å². The molecule has 25 heavy (non-hydrogen) atoms. The molecule has 2 amide bonds. The van der Waals surface area contributed by atoms with Crippen LogP contribution in [-0.4, -0.2) is 51.6 Å². The maximum Gasteiger partial charge on any atom is 0.352 e. The molecule has 1 fully saturated rings. The zero-order valence-corrected chi connectivity index (χ0v) is 15.0. The SMILES string of the molecule is CC1=C(C(=O)O)N2C(=O)C(NC(=O)COc3ccc(S)cc3)C2SC1. The van der Waals surface area contributed by atoms with Crippen LogP contribution in [-0.2, 0) is 14.4 Å². The van der Waals surface area contributed by atoms with Gasteiger partial charge in [-0.25, -0.2) is 4.79 Å². The van der Waals surface area contributed by atoms with Crippen molar-refractivity contribution in [2.75, 3.05) is 12.4 Å². The largest absolute Gasteiger partial charge is 0.484 e. The van der Waals surface area contributed by atoms with Crippen molar-refractivity contribution in [2.24, 2.45) is 0 Å². The Hall–Kier alpha value is -2.13. The number of thiol groups is 1. The van der Waals surface area contributed by atoms with Gasteiger partial charge in [-0.1, -0.05) is 0 Å². The fraction of sp³-hybridized carbons (Fsp3) is 0.312. The molecule has 0 aromatic heterocycles. The monoisotopic (exact) mass is 380 g/mol. The van der Waals surface area contributed by atoms with E-state index in [1.807, 2.05) is 0 Å². The Morgan fingerprint density at radius 1 is 1.40 bits per heavy atom. The van der Waals surface area contributed by atoms with Crippen LogP contribution in [0.15, 0.2) is 40.4 Å². The zero-order chi connectivity index (χ0) is 18.1. The highest BCUT2D eigenvalue weighted by Crippen LogP contribution is 2.40. The van der Waals surface area contributed by atoms with Gasteiger partial charge >= 0.3 is 5.97 Å². The molecule has 2 aliphatic heterocycles. The van der Waals surface area contributed by atoms with Crippen LogP contribution in [0.2, 0.25) is 0 Å². The Morgan fingerprint density at radius 2 is 2.08 bits per heavy atom. The fourth-order valence-electron chi connectivity index (χ4n) is 2.68. The third-order valence-electron chi connectivity index (χ3n) is 3.88. The smallest absolute Gasteiger partial charge is 0.352 e. The highest BCUT2D eigenvalue weighted by Gasteiger charge is 2.53. The zero-order valence-electron chi connectivity index (χ0n) is 13.3. The number of hydrogen-bond donors (Lipinski definition) is 3. The number of carboxylic acid groups (broad SMARTS) is 1. The summed E-state index contributed by atoms with van der Waals surface area (Å²) >= 11 is 5.59. The van der Waals surface area contributed by atoms with Gasteiger partial charge in [-0.15, -0.1) is 24.4 Å². The number of carbonyl (C=O) groups excluding carboxylic acids is 2. The molecule has 0 aliphatic carbocycles. The molecule has 2 aliphatic rings. The molecule has 2 unspecified atom stereocenters. The average molecular weight is 380 g/mol. The van der Waals surface area contributed by atoms with Gasteiger partial charge in [0.25, 0.3) is 11.8 Å². The lowest BCUT2D eigenvalue weighted by Crippen LogP contribution is -2.70. The summed E-state index contributed by atoms with van der Waals surface area (Å²) in [4.78, 5) is 37.6. The quantitative estimate of drug-likeness (QED) is 0.523. The van der Waals surface area contributed by atoms with Gasteiger partial charge in [0.1, 0.15) is 22.9 Å². The Morgan fingerprint density at radius 3 is 2.72 bits per heavy atom. The van der Waals surface area contributed by atoms with Crippen LogP contribution in [0.5, 0.6) is 5.75 Å². The number of aliphatic carboxylic acids is 1. The van der Waals surface area contributed by atoms with Crippen molar-refractivity contribution in [2.45, 2.75) is 23.2 Å². The average Bonchev–Trinajstić information content (AvgIpc) is 2.58. The van der Waals surface area contributed by atoms with E-state index in [9.17, 15) is 19.5 Å². The molecular weight excluding hydrogens is 364 g/mol. The lowest BCUT2D eigenvalue weighted by atomic mass is 10.0. The van der Waals surface area contributed by atoms with E-state index in [1.54, 1.807) is 31.2 Å². The fourth-order valence-corrected chi connectivity index (χ4v) is 4.12. The van der Waals surface area contributed by atoms with E-state index in [-0.39, 0.29) is 12.3 Å². The number of carboxylic acids is 1. The van der Waals surface area contributed by atoms with Gasteiger partial charge in [0.2, 0.25) is 0 Å². The molecule has 0 spiro atoms. The molecule has 2 N–H and O–H groups in total. The molecule has 9 heteroatoms. The van der Waals surface area contributed by atoms with Gasteiger partial charge in [-0.05, 0) is 36.8 Å². The number of β-lactam (4-membered cyclic amide) rings is 1. The molecule has 3 rings (SSSR count). The molecule has 0 bridgehead atoms. The molecule has 2 atom stereocenters. The maximum absolute atomic E-state index is 12.3. The number of benzene rings is 1. The van der Waals surface area contributed by atoms with Gasteiger partial charge in [0, 0.05) is 10.6 Å². The van der Waals surface area contributed by atoms with Crippen molar-refractivity contribution in [3.05, 3.63) is 35.5 Å². The summed E-state index contributed by atoms with van der Waals surface area (Å²) in [6, 6.07) is 6.13. The topological polar surface area (TPSA) is 95.9 Å². The third-order valence-corrected chi connectivity index (χ3v) is 5.61. The number of nitrogens with one attached hydrogen (secondary N) is 1. The number of thioether (sulfide) groups is 1. The normalized spacial score (nSPS) is 22.2. The number of fused-ring (bicyclic) bond motifs is 1. The molecule has 7 nitrogen and oxygen atoms in total. The van der Waals surface area contributed by atoms with Crippen LogP contribution < -0.4 is 10.1 Å². The molecule has 1 aromatic rings. The summed E-state index contributed by atoms with van der Waals surface area (Å²) in [5.41, 5.74) is 0.658. The Kier molecular flexibility index (Phi) is 4.96. The number of ether oxygens (including phenoxy) is 1. The summed E-state index contributed by atoms with van der Waals surface area (Å²) in [6.45, 7) is 1.46. The van der Waals surface area contributed by atoms with Crippen LogP contribution in [0.25, 0.3) is 0 Å². The molecule has 2 heterocycles. The maximum atomic E-state index is 12.3. The van der Waals surface area contributed by atoms with Crippen LogP contribution in [0.4, 0.5) is 0 Å². The number of carbonyl (C=O) groups is 3. The lowest BCUT2D eigenvalue weighted by molar-refractivity contribution is -0.150. The molecule has 0 radical (unpaired) electrons. The van der Waals surface area contributed by atoms with E-state index in [1.165, 1.54) is 16.7 Å². The van der Waals surface area contributed by atoms with Crippen LogP contribution in [0.1, 0.15) is 6.92 Å². The molecule has 132 valence electrons. The predicted molar refractivity (Wildman–Crippen MR) is 94.5 cm³/mol. The Bertz CT molecular complexity index is 762. The highest BCUT2D eigenvalue weighted by atomic mass is 32.2. The molecule has 1 aromatic carbocycles. The Labute approximate surface area is 153 Å². The lowest BCUT2D eigenvalue weighted by Gasteiger charge is -2.49. The van der Waals surface area contributed by atoms with E-state index in [2.05, 4.69) is 17.9 Å². The first kappa shape index (κ1) is 17.7. The second-order valence-corrected chi connectivity index (χ2v) is 7.29. The highest BCUT2D eigenvalue weighted by molar-refractivity contribution is 8.00. The standard InChI is InChI=1S/C16H16N2O5S2/c1-8-7-25-15-12(14(20)18(15)13(8)16(21)22)17-11(19)6-23-9-2-4-10(24)5-3-9/h2-5,12,15,24H,6-7H2,1H3,(H,17,19)(H,21,22). The van der Waals surface area contributed by atoms with E-state index >= 15 is 0 Å². The number of amides is 2. The van der Waals surface area contributed by atoms with Crippen molar-refractivity contribution in [1.82, 2.24) is 10.2 Å². The third kappa shape index (κ3) is 3.47. The number of rotatable bonds is 5. The number of nitrogens with zero attached hydrogens (tertiary/aromatic N) is 1. The predicted octanol–water partition coefficient (Wildman–Crippen LogP) is 1.11. The van der Waals surface area contributed by atoms with Gasteiger partial charge in [-0.2, -0.15) is 0 Å². The minimum absolute atomic E-state index is 0.0161. The molecular formula is C16H16N2O5S2. The van der Waals surface area contributed by atoms with Crippen molar-refractivity contribution in [3.8, 4) is 5.75 Å². The van der Waals surface area contributed by atoms with Crippen molar-refractivity contribution >= 4 is 42.2 Å². The summed E-state index contributed by atoms with van der Waals surface area (Å²) in [5, 5.41) is 11.5.